The van der Waals surface area contributed by atoms with E-state index in [2.05, 4.69) is 12.2 Å². The molecule has 0 aromatic carbocycles. The lowest BCUT2D eigenvalue weighted by atomic mass is 10.1. The predicted octanol–water partition coefficient (Wildman–Crippen LogP) is 2.24. The van der Waals surface area contributed by atoms with Crippen LogP contribution < -0.4 is 5.32 Å². The summed E-state index contributed by atoms with van der Waals surface area (Å²) in [6, 6.07) is 0. The van der Waals surface area contributed by atoms with Crippen LogP contribution in [0.4, 0.5) is 0 Å². The van der Waals surface area contributed by atoms with Crippen molar-refractivity contribution >= 4 is 23.6 Å². The molecule has 2 rings (SSSR count). The first-order valence-corrected chi connectivity index (χ1v) is 10.8. The van der Waals surface area contributed by atoms with Gasteiger partial charge in [0.05, 0.1) is 0 Å². The average molecular weight is 394 g/mol. The normalized spacial score (nSPS) is 19.5. The van der Waals surface area contributed by atoms with Gasteiger partial charge in [0, 0.05) is 51.9 Å². The number of nitrogens with zero attached hydrogens (tertiary/aromatic N) is 2. The number of nitrogens with one attached hydrogen (secondary N) is 1. The molecule has 2 fully saturated rings. The van der Waals surface area contributed by atoms with Crippen LogP contribution in [0, 0.1) is 5.92 Å². The Morgan fingerprint density at radius 1 is 0.964 bits per heavy atom. The molecule has 1 N–H and O–H groups in total. The number of amides is 4. The lowest BCUT2D eigenvalue weighted by molar-refractivity contribution is -0.138. The predicted molar refractivity (Wildman–Crippen MR) is 106 cm³/mol. The van der Waals surface area contributed by atoms with E-state index in [9.17, 15) is 19.2 Å². The Hall–Kier alpha value is -1.92. The topological polar surface area (TPSA) is 86.8 Å². The average Bonchev–Trinajstić information content (AvgIpc) is 3.24. The highest BCUT2D eigenvalue weighted by molar-refractivity contribution is 6.01. The number of hydrogen-bond donors (Lipinski definition) is 1. The highest BCUT2D eigenvalue weighted by atomic mass is 16.2. The number of carbonyl (C=O) groups excluding carboxylic acids is 4. The number of carbonyl (C=O) groups is 4. The Morgan fingerprint density at radius 2 is 1.64 bits per heavy atom. The molecule has 7 heteroatoms. The van der Waals surface area contributed by atoms with Crippen molar-refractivity contribution < 1.29 is 19.2 Å². The summed E-state index contributed by atoms with van der Waals surface area (Å²) in [5.74, 6) is 0.810. The molecule has 0 spiro atoms. The third-order valence-electron chi connectivity index (χ3n) is 5.61. The third kappa shape index (κ3) is 7.60. The van der Waals surface area contributed by atoms with E-state index >= 15 is 0 Å². The van der Waals surface area contributed by atoms with Crippen molar-refractivity contribution in [2.75, 3.05) is 26.2 Å². The van der Waals surface area contributed by atoms with Gasteiger partial charge in [0.1, 0.15) is 0 Å². The van der Waals surface area contributed by atoms with E-state index in [0.717, 1.165) is 58.0 Å². The highest BCUT2D eigenvalue weighted by Gasteiger charge is 2.27. The van der Waals surface area contributed by atoms with Gasteiger partial charge in [-0.3, -0.25) is 24.1 Å². The van der Waals surface area contributed by atoms with Crippen LogP contribution in [-0.2, 0) is 19.2 Å². The molecular formula is C21H35N3O4. The molecule has 158 valence electrons. The summed E-state index contributed by atoms with van der Waals surface area (Å²) in [4.78, 5) is 50.2. The fraction of sp³-hybridized carbons (Fsp3) is 0.810. The van der Waals surface area contributed by atoms with Crippen LogP contribution in [-0.4, -0.2) is 59.6 Å². The fourth-order valence-corrected chi connectivity index (χ4v) is 3.82. The molecule has 28 heavy (non-hydrogen) atoms. The van der Waals surface area contributed by atoms with Crippen LogP contribution in [0.5, 0.6) is 0 Å². The van der Waals surface area contributed by atoms with Crippen molar-refractivity contribution in [1.29, 1.82) is 0 Å². The van der Waals surface area contributed by atoms with Crippen LogP contribution in [0.3, 0.4) is 0 Å². The molecule has 1 unspecified atom stereocenters. The summed E-state index contributed by atoms with van der Waals surface area (Å²) in [6.45, 7) is 5.13. The Bertz CT molecular complexity index is 548. The Labute approximate surface area is 168 Å². The molecule has 2 aliphatic heterocycles. The minimum Gasteiger partial charge on any atom is -0.356 e. The molecule has 0 radical (unpaired) electrons. The van der Waals surface area contributed by atoms with E-state index in [4.69, 9.17) is 0 Å². The van der Waals surface area contributed by atoms with Gasteiger partial charge in [-0.05, 0) is 38.0 Å². The van der Waals surface area contributed by atoms with Crippen molar-refractivity contribution in [2.24, 2.45) is 5.92 Å². The van der Waals surface area contributed by atoms with Crippen LogP contribution in [0.25, 0.3) is 0 Å². The molecule has 0 bridgehead atoms. The molecule has 0 saturated carbocycles. The zero-order chi connectivity index (χ0) is 20.4. The zero-order valence-electron chi connectivity index (χ0n) is 17.2. The lowest BCUT2D eigenvalue weighted by Gasteiger charge is -2.15. The number of imide groups is 1. The van der Waals surface area contributed by atoms with Gasteiger partial charge in [-0.2, -0.15) is 0 Å². The highest BCUT2D eigenvalue weighted by Crippen LogP contribution is 2.17. The van der Waals surface area contributed by atoms with Crippen molar-refractivity contribution in [3.8, 4) is 0 Å². The van der Waals surface area contributed by atoms with Crippen LogP contribution in [0.1, 0.15) is 77.6 Å². The number of likely N-dealkylation sites (tertiary alicyclic amines) is 2. The second kappa shape index (κ2) is 11.8. The molecule has 7 nitrogen and oxygen atoms in total. The first-order chi connectivity index (χ1) is 13.5. The van der Waals surface area contributed by atoms with Gasteiger partial charge in [0.25, 0.3) is 0 Å². The first kappa shape index (κ1) is 22.4. The monoisotopic (exact) mass is 393 g/mol. The van der Waals surface area contributed by atoms with E-state index < -0.39 is 0 Å². The van der Waals surface area contributed by atoms with E-state index in [1.807, 2.05) is 4.90 Å². The van der Waals surface area contributed by atoms with E-state index in [1.54, 1.807) is 0 Å². The van der Waals surface area contributed by atoms with Crippen molar-refractivity contribution in [1.82, 2.24) is 15.1 Å². The van der Waals surface area contributed by atoms with E-state index in [1.165, 1.54) is 4.90 Å². The molecule has 2 saturated heterocycles. The summed E-state index contributed by atoms with van der Waals surface area (Å²) in [5.41, 5.74) is 0. The quantitative estimate of drug-likeness (QED) is 0.407. The fourth-order valence-electron chi connectivity index (χ4n) is 3.82. The minimum atomic E-state index is -0.0700. The minimum absolute atomic E-state index is 0.0513. The van der Waals surface area contributed by atoms with E-state index in [-0.39, 0.29) is 23.6 Å². The zero-order valence-corrected chi connectivity index (χ0v) is 17.2. The van der Waals surface area contributed by atoms with Crippen molar-refractivity contribution in [2.45, 2.75) is 77.6 Å². The second-order valence-electron chi connectivity index (χ2n) is 8.14. The standard InChI is InChI=1S/C21H35N3O4/c1-17-12-15-23(16-17)19(26)9-5-2-6-13-22-18(25)8-4-3-7-14-24-20(27)10-11-21(24)28/h17H,2-16H2,1H3,(H,22,25). The summed E-state index contributed by atoms with van der Waals surface area (Å²) in [5, 5.41) is 2.92. The van der Waals surface area contributed by atoms with Gasteiger partial charge in [-0.25, -0.2) is 0 Å². The second-order valence-corrected chi connectivity index (χ2v) is 8.14. The molecule has 2 heterocycles. The van der Waals surface area contributed by atoms with Gasteiger partial charge < -0.3 is 10.2 Å². The molecular weight excluding hydrogens is 358 g/mol. The lowest BCUT2D eigenvalue weighted by Crippen LogP contribution is -2.30. The maximum Gasteiger partial charge on any atom is 0.229 e. The smallest absolute Gasteiger partial charge is 0.229 e. The summed E-state index contributed by atoms with van der Waals surface area (Å²) < 4.78 is 0. The van der Waals surface area contributed by atoms with E-state index in [0.29, 0.717) is 44.7 Å². The van der Waals surface area contributed by atoms with Gasteiger partial charge in [-0.15, -0.1) is 0 Å². The molecule has 0 aromatic heterocycles. The molecule has 0 aliphatic carbocycles. The number of hydrogen-bond acceptors (Lipinski definition) is 4. The molecule has 2 aliphatic rings. The van der Waals surface area contributed by atoms with Crippen molar-refractivity contribution in [3.05, 3.63) is 0 Å². The van der Waals surface area contributed by atoms with Crippen LogP contribution in [0.2, 0.25) is 0 Å². The molecule has 1 atom stereocenters. The first-order valence-electron chi connectivity index (χ1n) is 10.8. The Morgan fingerprint density at radius 3 is 2.32 bits per heavy atom. The van der Waals surface area contributed by atoms with Gasteiger partial charge >= 0.3 is 0 Å². The van der Waals surface area contributed by atoms with Gasteiger partial charge in [0.2, 0.25) is 23.6 Å². The molecule has 4 amide bonds. The number of rotatable bonds is 12. The van der Waals surface area contributed by atoms with Gasteiger partial charge in [-0.1, -0.05) is 19.8 Å². The summed E-state index contributed by atoms with van der Waals surface area (Å²) in [6.07, 6.45) is 7.98. The van der Waals surface area contributed by atoms with Crippen LogP contribution >= 0.6 is 0 Å². The van der Waals surface area contributed by atoms with Crippen LogP contribution in [0.15, 0.2) is 0 Å². The Kier molecular flexibility index (Phi) is 9.44. The SMILES string of the molecule is CC1CCN(C(=O)CCCCCNC(=O)CCCCCN2C(=O)CCC2=O)C1. The summed E-state index contributed by atoms with van der Waals surface area (Å²) in [7, 11) is 0. The van der Waals surface area contributed by atoms with Crippen molar-refractivity contribution in [3.63, 3.8) is 0 Å². The largest absolute Gasteiger partial charge is 0.356 e. The molecule has 0 aromatic rings. The Balaban J connectivity index is 1.39. The van der Waals surface area contributed by atoms with Gasteiger partial charge in [0.15, 0.2) is 0 Å². The maximum absolute atomic E-state index is 12.0. The summed E-state index contributed by atoms with van der Waals surface area (Å²) >= 11 is 0. The third-order valence-corrected chi connectivity index (χ3v) is 5.61. The number of unbranched alkanes of at least 4 members (excludes halogenated alkanes) is 4. The maximum atomic E-state index is 12.0.